The fourth-order valence-electron chi connectivity index (χ4n) is 13.9. The summed E-state index contributed by atoms with van der Waals surface area (Å²) in [4.78, 5) is 192. The Morgan fingerprint density at radius 2 is 1.20 bits per heavy atom. The first-order chi connectivity index (χ1) is 49.1. The highest BCUT2D eigenvalue weighted by molar-refractivity contribution is 6.31. The summed E-state index contributed by atoms with van der Waals surface area (Å²) in [5.41, 5.74) is -0.536. The van der Waals surface area contributed by atoms with Crippen LogP contribution in [0.25, 0.3) is 0 Å². The molecule has 3 aromatic rings. The van der Waals surface area contributed by atoms with Crippen LogP contribution in [-0.4, -0.2) is 251 Å². The second-order valence-electron chi connectivity index (χ2n) is 29.5. The molecular weight excluding hydrogens is 1400 g/mol. The minimum absolute atomic E-state index is 0.0707. The standard InChI is InChI=1S/C76H107Cl2F3N12O12/c1-18-46(6)63-72(103)87(12)48(8)67(98)93-37-34-56(93)71(102)90(15)59(41-50-24-22-45(5)23-25-50)70(101)86(11)43-61(94)82-55(33-29-49-28-32-53(54(78)39-49)76(79,80)81)68(99)89(14)58(40-51-26-30-52(77)31-27-51)66(97)84-75(35-20-21-36-75)74(105)92(17)64(47(7)19-2)73(104)91(16)60(69(100)85(9)10)42-62(95)88(13)57(38-44(3)4)65(96)83-63/h22-28,30-32,39,44,46-48,55-60,63-64H,18-21,29,33-38,40-43H2,1-17H3,(H,82,94)(H,83,96)(H,84,97)/t46-,47-,48-,55-,56-,57-,58-,59-,60-,63-,64-/m0/s1. The first kappa shape index (κ1) is 85.6. The van der Waals surface area contributed by atoms with Crippen LogP contribution in [0, 0.1) is 24.7 Å². The lowest BCUT2D eigenvalue weighted by atomic mass is 9.90. The number of nitrogens with zero attached hydrogens (tertiary/aromatic N) is 9. The van der Waals surface area contributed by atoms with Crippen LogP contribution in [0.2, 0.25) is 10.0 Å². The summed E-state index contributed by atoms with van der Waals surface area (Å²) >= 11 is 12.5. The minimum Gasteiger partial charge on any atom is -0.347 e. The molecule has 0 unspecified atom stereocenters. The molecule has 29 heteroatoms. The zero-order chi connectivity index (χ0) is 78.6. The number of hydrogen-bond donors (Lipinski definition) is 3. The van der Waals surface area contributed by atoms with Gasteiger partial charge in [-0.3, -0.25) is 57.5 Å². The molecule has 3 aromatic carbocycles. The Kier molecular flexibility index (Phi) is 30.0. The van der Waals surface area contributed by atoms with Gasteiger partial charge in [0.05, 0.1) is 23.6 Å². The molecule has 6 rings (SSSR count). The van der Waals surface area contributed by atoms with Gasteiger partial charge in [-0.25, -0.2) is 0 Å². The summed E-state index contributed by atoms with van der Waals surface area (Å²) in [6.45, 7) is 13.5. The van der Waals surface area contributed by atoms with E-state index in [1.54, 1.807) is 50.2 Å². The number of hydrogen-bond acceptors (Lipinski definition) is 12. The zero-order valence-corrected chi connectivity index (χ0v) is 65.2. The van der Waals surface area contributed by atoms with Gasteiger partial charge in [0.25, 0.3) is 0 Å². The van der Waals surface area contributed by atoms with E-state index in [0.717, 1.165) is 32.4 Å². The van der Waals surface area contributed by atoms with E-state index in [4.69, 9.17) is 23.2 Å². The van der Waals surface area contributed by atoms with E-state index in [9.17, 15) is 46.7 Å². The average molecular weight is 1510 g/mol. The summed E-state index contributed by atoms with van der Waals surface area (Å²) in [6, 6.07) is 4.71. The van der Waals surface area contributed by atoms with E-state index in [1.165, 1.54) is 106 Å². The lowest BCUT2D eigenvalue weighted by Crippen LogP contribution is -2.65. The number of amides is 12. The first-order valence-electron chi connectivity index (χ1n) is 36.0. The fraction of sp³-hybridized carbons (Fsp3) is 0.605. The number of fused-ring (bicyclic) bond motifs is 1. The molecule has 105 heavy (non-hydrogen) atoms. The summed E-state index contributed by atoms with van der Waals surface area (Å²) in [5.74, 6) is -10.1. The summed E-state index contributed by atoms with van der Waals surface area (Å²) < 4.78 is 42.0. The largest absolute Gasteiger partial charge is 0.417 e. The highest BCUT2D eigenvalue weighted by atomic mass is 35.5. The third-order valence-corrected chi connectivity index (χ3v) is 21.9. The van der Waals surface area contributed by atoms with Gasteiger partial charge < -0.3 is 60.0 Å². The second kappa shape index (κ2) is 36.8. The number of halogens is 5. The molecule has 1 spiro atoms. The van der Waals surface area contributed by atoms with Gasteiger partial charge in [-0.15, -0.1) is 0 Å². The quantitative estimate of drug-likeness (QED) is 0.150. The van der Waals surface area contributed by atoms with Crippen LogP contribution in [-0.2, 0) is 83.0 Å². The van der Waals surface area contributed by atoms with Crippen molar-refractivity contribution in [2.45, 2.75) is 205 Å². The zero-order valence-electron chi connectivity index (χ0n) is 63.7. The van der Waals surface area contributed by atoms with Crippen molar-refractivity contribution in [3.8, 4) is 0 Å². The monoisotopic (exact) mass is 1510 g/mol. The molecule has 3 fully saturated rings. The molecule has 578 valence electrons. The Labute approximate surface area is 625 Å². The maximum absolute atomic E-state index is 15.7. The van der Waals surface area contributed by atoms with Crippen LogP contribution < -0.4 is 16.0 Å². The Hall–Kier alpha value is -8.33. The molecule has 2 heterocycles. The van der Waals surface area contributed by atoms with Gasteiger partial charge in [-0.05, 0) is 111 Å². The molecule has 24 nitrogen and oxygen atoms in total. The molecule has 2 saturated heterocycles. The van der Waals surface area contributed by atoms with Crippen molar-refractivity contribution < 1.29 is 70.7 Å². The molecular formula is C76H107Cl2F3N12O12. The van der Waals surface area contributed by atoms with E-state index >= 15 is 24.0 Å². The number of nitrogens with one attached hydrogen (secondary N) is 3. The van der Waals surface area contributed by atoms with Gasteiger partial charge in [0.15, 0.2) is 0 Å². The van der Waals surface area contributed by atoms with Gasteiger partial charge in [-0.1, -0.05) is 138 Å². The number of alkyl halides is 3. The van der Waals surface area contributed by atoms with Crippen molar-refractivity contribution in [1.29, 1.82) is 0 Å². The van der Waals surface area contributed by atoms with Gasteiger partial charge >= 0.3 is 6.18 Å². The van der Waals surface area contributed by atoms with Crippen molar-refractivity contribution in [3.05, 3.63) is 105 Å². The Morgan fingerprint density at radius 3 is 1.73 bits per heavy atom. The number of aryl methyl sites for hydroxylation is 2. The van der Waals surface area contributed by atoms with E-state index in [2.05, 4.69) is 16.0 Å². The Balaban J connectivity index is 1.51. The van der Waals surface area contributed by atoms with Crippen LogP contribution >= 0.6 is 23.2 Å². The van der Waals surface area contributed by atoms with Crippen LogP contribution in [0.5, 0.6) is 0 Å². The smallest absolute Gasteiger partial charge is 0.347 e. The second-order valence-corrected chi connectivity index (χ2v) is 30.4. The van der Waals surface area contributed by atoms with Gasteiger partial charge in [-0.2, -0.15) is 13.2 Å². The highest BCUT2D eigenvalue weighted by Gasteiger charge is 2.51. The molecule has 2 aliphatic heterocycles. The molecule has 1 aliphatic carbocycles. The van der Waals surface area contributed by atoms with Gasteiger partial charge in [0, 0.05) is 87.8 Å². The summed E-state index contributed by atoms with van der Waals surface area (Å²) in [6.07, 6.45) is -4.18. The SMILES string of the molecule is CC[C@H](C)[C@@H]1NC(=O)[C@H](CC(C)C)N(C)C(=O)C[C@@H](C(=O)N(C)C)N(C)C(=O)[C@H]([C@@H](C)CC)N(C)C(=O)C2(CCCC2)NC(=O)[C@H](Cc2ccc(Cl)cc2)N(C)C(=O)[C@H](CCc2ccc(C(F)(F)F)c(Cl)c2)NC(=O)CN(C)C(=O)[C@H](Cc2ccc(C)cc2)N(C)C(=O)[C@@H]2CCN2C(=O)[C@H](C)N(C)C1=O. The highest BCUT2D eigenvalue weighted by Crippen LogP contribution is 2.37. The maximum atomic E-state index is 15.7. The minimum atomic E-state index is -4.80. The lowest BCUT2D eigenvalue weighted by Gasteiger charge is -2.45. The van der Waals surface area contributed by atoms with E-state index in [-0.39, 0.29) is 69.4 Å². The van der Waals surface area contributed by atoms with Crippen molar-refractivity contribution in [2.24, 2.45) is 17.8 Å². The molecule has 1 saturated carbocycles. The normalized spacial score (nSPS) is 24.8. The van der Waals surface area contributed by atoms with E-state index in [1.807, 2.05) is 46.8 Å². The third-order valence-electron chi connectivity index (χ3n) is 21.4. The summed E-state index contributed by atoms with van der Waals surface area (Å²) in [5, 5.41) is 8.39. The van der Waals surface area contributed by atoms with Crippen LogP contribution in [0.1, 0.15) is 140 Å². The lowest BCUT2D eigenvalue weighted by molar-refractivity contribution is -0.160. The van der Waals surface area contributed by atoms with Gasteiger partial charge in [0.2, 0.25) is 70.9 Å². The topological polar surface area (TPSA) is 270 Å². The molecule has 0 radical (unpaired) electrons. The Morgan fingerprint density at radius 1 is 0.638 bits per heavy atom. The number of rotatable bonds is 14. The van der Waals surface area contributed by atoms with Crippen molar-refractivity contribution in [1.82, 2.24) is 60.0 Å². The van der Waals surface area contributed by atoms with Crippen molar-refractivity contribution in [2.75, 3.05) is 76.5 Å². The molecule has 0 aromatic heterocycles. The summed E-state index contributed by atoms with van der Waals surface area (Å²) in [7, 11) is 12.5. The van der Waals surface area contributed by atoms with Crippen LogP contribution in [0.3, 0.4) is 0 Å². The molecule has 3 N–H and O–H groups in total. The van der Waals surface area contributed by atoms with Crippen LogP contribution in [0.15, 0.2) is 66.7 Å². The molecule has 0 bridgehead atoms. The van der Waals surface area contributed by atoms with Gasteiger partial charge in [0.1, 0.15) is 59.9 Å². The van der Waals surface area contributed by atoms with E-state index < -0.39 is 172 Å². The Bertz CT molecular complexity index is 3650. The van der Waals surface area contributed by atoms with E-state index in [0.29, 0.717) is 41.8 Å². The van der Waals surface area contributed by atoms with Crippen molar-refractivity contribution >= 4 is 94.1 Å². The predicted octanol–water partition coefficient (Wildman–Crippen LogP) is 6.81. The number of carbonyl (C=O) groups is 12. The maximum Gasteiger partial charge on any atom is 0.417 e. The third kappa shape index (κ3) is 20.8. The molecule has 3 aliphatic rings. The average Bonchev–Trinajstić information content (AvgIpc) is 1.71. The number of carbonyl (C=O) groups excluding carboxylic acids is 12. The molecule has 12 amide bonds. The predicted molar refractivity (Wildman–Crippen MR) is 392 cm³/mol. The van der Waals surface area contributed by atoms with Crippen LogP contribution in [0.4, 0.5) is 13.2 Å². The number of likely N-dealkylation sites (N-methyl/N-ethyl adjacent to an activating group) is 8. The first-order valence-corrected chi connectivity index (χ1v) is 36.8. The number of benzene rings is 3. The fourth-order valence-corrected chi connectivity index (χ4v) is 14.4. The van der Waals surface area contributed by atoms with Crippen molar-refractivity contribution in [3.63, 3.8) is 0 Å². The molecule has 11 atom stereocenters.